The van der Waals surface area contributed by atoms with Crippen molar-refractivity contribution in [3.8, 4) is 11.3 Å². The zero-order chi connectivity index (χ0) is 16.7. The Morgan fingerprint density at radius 1 is 1.00 bits per heavy atom. The molecule has 0 aliphatic heterocycles. The first-order chi connectivity index (χ1) is 10.0. The van der Waals surface area contributed by atoms with Gasteiger partial charge >= 0.3 is 139 Å². The third-order valence-electron chi connectivity index (χ3n) is 4.31. The molecule has 0 bridgehead atoms. The first kappa shape index (κ1) is 17.3. The van der Waals surface area contributed by atoms with E-state index in [4.69, 9.17) is 0 Å². The third-order valence-corrected chi connectivity index (χ3v) is 8.54. The molecule has 0 atom stereocenters. The Morgan fingerprint density at radius 3 is 2.09 bits per heavy atom. The molecule has 0 radical (unpaired) electrons. The van der Waals surface area contributed by atoms with Gasteiger partial charge in [-0.25, -0.2) is 0 Å². The summed E-state index contributed by atoms with van der Waals surface area (Å²) in [6.45, 7) is 9.20. The predicted molar refractivity (Wildman–Crippen MR) is 99.5 cm³/mol. The predicted octanol–water partition coefficient (Wildman–Crippen LogP) is 4.33. The Bertz CT molecular complexity index is 688. The average Bonchev–Trinajstić information content (AvgIpc) is 2.37. The van der Waals surface area contributed by atoms with Crippen LogP contribution in [0.2, 0.25) is 17.3 Å². The van der Waals surface area contributed by atoms with Gasteiger partial charge in [-0.1, -0.05) is 0 Å². The summed E-state index contributed by atoms with van der Waals surface area (Å²) in [5, 5.41) is 0. The Hall–Kier alpha value is -1.09. The molecule has 22 heavy (non-hydrogen) atoms. The van der Waals surface area contributed by atoms with Crippen molar-refractivity contribution in [1.29, 1.82) is 0 Å². The monoisotopic (exact) mass is 358 g/mol. The first-order valence-electron chi connectivity index (χ1n) is 8.12. The molecule has 118 valence electrons. The molecule has 0 fully saturated rings. The summed E-state index contributed by atoms with van der Waals surface area (Å²) in [7, 11) is 2.19. The van der Waals surface area contributed by atoms with Gasteiger partial charge in [0.05, 0.1) is 0 Å². The molecule has 0 saturated heterocycles. The Balaban J connectivity index is 2.77. The van der Waals surface area contributed by atoms with E-state index in [9.17, 15) is 0 Å². The van der Waals surface area contributed by atoms with Crippen molar-refractivity contribution < 1.29 is 4.57 Å². The molecule has 1 nitrogen and oxygen atoms in total. The fraction of sp³-hybridized carbons (Fsp3) is 0.450. The standard InChI is InChI=1S/C20H30GeN/c1-15-11-9-10-12-16(15)19-13-17(20(2,3)4)18(14-22(19)8)21(5,6)7/h9-14H,1-8H3/q+1. The van der Waals surface area contributed by atoms with Crippen LogP contribution >= 0.6 is 0 Å². The molecule has 2 heteroatoms. The second-order valence-electron chi connectivity index (χ2n) is 8.41. The number of benzene rings is 1. The van der Waals surface area contributed by atoms with Gasteiger partial charge < -0.3 is 0 Å². The molecule has 0 aliphatic rings. The van der Waals surface area contributed by atoms with E-state index in [2.05, 4.69) is 93.1 Å². The zero-order valence-corrected chi connectivity index (χ0v) is 17.5. The van der Waals surface area contributed by atoms with Crippen LogP contribution in [-0.4, -0.2) is 13.3 Å². The van der Waals surface area contributed by atoms with Gasteiger partial charge in [0, 0.05) is 0 Å². The molecule has 1 heterocycles. The number of pyridine rings is 1. The van der Waals surface area contributed by atoms with Crippen LogP contribution in [0.25, 0.3) is 11.3 Å². The van der Waals surface area contributed by atoms with Gasteiger partial charge in [-0.15, -0.1) is 0 Å². The van der Waals surface area contributed by atoms with Crippen LogP contribution in [0.5, 0.6) is 0 Å². The van der Waals surface area contributed by atoms with E-state index in [1.165, 1.54) is 22.4 Å². The zero-order valence-electron chi connectivity index (χ0n) is 15.4. The van der Waals surface area contributed by atoms with Crippen molar-refractivity contribution in [2.45, 2.75) is 50.4 Å². The molecule has 0 N–H and O–H groups in total. The molecule has 1 aromatic carbocycles. The van der Waals surface area contributed by atoms with Crippen molar-refractivity contribution in [3.63, 3.8) is 0 Å². The van der Waals surface area contributed by atoms with Gasteiger partial charge in [-0.2, -0.15) is 0 Å². The molecular weight excluding hydrogens is 327 g/mol. The van der Waals surface area contributed by atoms with E-state index in [1.54, 1.807) is 4.40 Å². The molecule has 0 amide bonds. The van der Waals surface area contributed by atoms with E-state index in [1.807, 2.05) is 0 Å². The third kappa shape index (κ3) is 3.45. The topological polar surface area (TPSA) is 3.88 Å². The number of hydrogen-bond donors (Lipinski definition) is 0. The maximum absolute atomic E-state index is 2.48. The van der Waals surface area contributed by atoms with E-state index >= 15 is 0 Å². The molecule has 2 aromatic rings. The maximum atomic E-state index is 2.48. The summed E-state index contributed by atoms with van der Waals surface area (Å²) in [5.41, 5.74) is 5.70. The van der Waals surface area contributed by atoms with Crippen molar-refractivity contribution in [2.24, 2.45) is 7.05 Å². The molecule has 0 aliphatic carbocycles. The summed E-state index contributed by atoms with van der Waals surface area (Å²) in [6.07, 6.45) is 2.41. The van der Waals surface area contributed by atoms with Crippen molar-refractivity contribution in [1.82, 2.24) is 0 Å². The number of aromatic nitrogens is 1. The number of hydrogen-bond acceptors (Lipinski definition) is 0. The van der Waals surface area contributed by atoms with E-state index < -0.39 is 13.3 Å². The number of aryl methyl sites for hydroxylation is 2. The summed E-state index contributed by atoms with van der Waals surface area (Å²) in [6, 6.07) is 11.1. The second-order valence-corrected chi connectivity index (χ2v) is 19.0. The van der Waals surface area contributed by atoms with Crippen LogP contribution in [0, 0.1) is 6.92 Å². The van der Waals surface area contributed by atoms with Gasteiger partial charge in [-0.05, 0) is 0 Å². The van der Waals surface area contributed by atoms with E-state index in [0.29, 0.717) is 0 Å². The number of rotatable bonds is 2. The van der Waals surface area contributed by atoms with Crippen molar-refractivity contribution in [2.75, 3.05) is 0 Å². The Kier molecular flexibility index (Phi) is 4.59. The summed E-state index contributed by atoms with van der Waals surface area (Å²) in [5.74, 6) is 7.45. The normalized spacial score (nSPS) is 12.5. The second kappa shape index (κ2) is 5.84. The molecule has 1 aromatic heterocycles. The fourth-order valence-electron chi connectivity index (χ4n) is 3.00. The van der Waals surface area contributed by atoms with Crippen LogP contribution in [-0.2, 0) is 12.5 Å². The quantitative estimate of drug-likeness (QED) is 0.557. The van der Waals surface area contributed by atoms with E-state index in [0.717, 1.165) is 0 Å². The Morgan fingerprint density at radius 2 is 1.59 bits per heavy atom. The van der Waals surface area contributed by atoms with Gasteiger partial charge in [0.15, 0.2) is 0 Å². The van der Waals surface area contributed by atoms with Crippen LogP contribution in [0.3, 0.4) is 0 Å². The first-order valence-corrected chi connectivity index (χ1v) is 15.5. The molecule has 0 unspecified atom stereocenters. The molecule has 2 rings (SSSR count). The Labute approximate surface area is 138 Å². The van der Waals surface area contributed by atoms with Gasteiger partial charge in [0.25, 0.3) is 0 Å². The molecule has 0 saturated carbocycles. The van der Waals surface area contributed by atoms with Crippen LogP contribution < -0.4 is 8.96 Å². The minimum absolute atomic E-state index is 0.180. The van der Waals surface area contributed by atoms with Crippen molar-refractivity contribution in [3.05, 3.63) is 47.7 Å². The minimum atomic E-state index is -1.91. The van der Waals surface area contributed by atoms with Gasteiger partial charge in [0.2, 0.25) is 0 Å². The van der Waals surface area contributed by atoms with E-state index in [-0.39, 0.29) is 5.41 Å². The number of nitrogens with zero attached hydrogens (tertiary/aromatic N) is 1. The van der Waals surface area contributed by atoms with Crippen molar-refractivity contribution >= 4 is 17.7 Å². The summed E-state index contributed by atoms with van der Waals surface area (Å²) >= 11 is -1.91. The summed E-state index contributed by atoms with van der Waals surface area (Å²) in [4.78, 5) is 0. The summed E-state index contributed by atoms with van der Waals surface area (Å²) < 4.78 is 3.94. The van der Waals surface area contributed by atoms with Gasteiger partial charge in [-0.3, -0.25) is 0 Å². The molecular formula is C20H30GeN+. The van der Waals surface area contributed by atoms with Gasteiger partial charge in [0.1, 0.15) is 0 Å². The van der Waals surface area contributed by atoms with Crippen LogP contribution in [0.15, 0.2) is 36.5 Å². The van der Waals surface area contributed by atoms with Crippen LogP contribution in [0.1, 0.15) is 31.9 Å². The SMILES string of the molecule is Cc1ccccc1-c1cc(C(C)(C)C)[c]([Ge]([CH3])([CH3])[CH3])c[n+]1C. The van der Waals surface area contributed by atoms with Crippen LogP contribution in [0.4, 0.5) is 0 Å². The fourth-order valence-corrected chi connectivity index (χ4v) is 6.85. The average molecular weight is 357 g/mol. The molecule has 0 spiro atoms.